The standard InChI is InChI=1S/C19H15F3N2O2/c1-2-12-4-3-5-13(10-12)11-16(25)14-6-8-15(9-7-14)17-23-18(26-24-17)19(20,21)22/h3-10H,2,11H2,1H3. The van der Waals surface area contributed by atoms with Crippen LogP contribution >= 0.6 is 0 Å². The molecule has 0 atom stereocenters. The van der Waals surface area contributed by atoms with Crippen molar-refractivity contribution in [2.24, 2.45) is 0 Å². The molecule has 0 aliphatic carbocycles. The summed E-state index contributed by atoms with van der Waals surface area (Å²) < 4.78 is 41.7. The first kappa shape index (κ1) is 17.8. The summed E-state index contributed by atoms with van der Waals surface area (Å²) in [6.45, 7) is 2.04. The average molecular weight is 360 g/mol. The molecule has 0 saturated heterocycles. The first-order valence-electron chi connectivity index (χ1n) is 7.99. The summed E-state index contributed by atoms with van der Waals surface area (Å²) >= 11 is 0. The molecule has 0 aliphatic rings. The molecular formula is C19H15F3N2O2. The van der Waals surface area contributed by atoms with Crippen LogP contribution in [0.15, 0.2) is 53.1 Å². The highest BCUT2D eigenvalue weighted by Crippen LogP contribution is 2.29. The summed E-state index contributed by atoms with van der Waals surface area (Å²) in [7, 11) is 0. The van der Waals surface area contributed by atoms with Gasteiger partial charge in [0.25, 0.3) is 0 Å². The molecule has 7 heteroatoms. The van der Waals surface area contributed by atoms with Crippen molar-refractivity contribution in [3.63, 3.8) is 0 Å². The maximum Gasteiger partial charge on any atom is 0.471 e. The van der Waals surface area contributed by atoms with Crippen molar-refractivity contribution >= 4 is 5.78 Å². The van der Waals surface area contributed by atoms with Crippen LogP contribution in [0.25, 0.3) is 11.4 Å². The van der Waals surface area contributed by atoms with Crippen molar-refractivity contribution in [3.8, 4) is 11.4 Å². The zero-order valence-electron chi connectivity index (χ0n) is 13.9. The van der Waals surface area contributed by atoms with Gasteiger partial charge >= 0.3 is 12.1 Å². The summed E-state index contributed by atoms with van der Waals surface area (Å²) in [4.78, 5) is 15.7. The van der Waals surface area contributed by atoms with E-state index in [4.69, 9.17) is 0 Å². The molecule has 0 spiro atoms. The molecule has 3 aromatic rings. The van der Waals surface area contributed by atoms with Gasteiger partial charge in [-0.1, -0.05) is 60.6 Å². The summed E-state index contributed by atoms with van der Waals surface area (Å²) in [5.41, 5.74) is 2.89. The number of carbonyl (C=O) groups excluding carboxylic acids is 1. The molecule has 4 nitrogen and oxygen atoms in total. The first-order chi connectivity index (χ1) is 12.4. The van der Waals surface area contributed by atoms with Crippen molar-refractivity contribution in [2.45, 2.75) is 25.9 Å². The molecule has 3 rings (SSSR count). The van der Waals surface area contributed by atoms with E-state index in [9.17, 15) is 18.0 Å². The molecule has 0 fully saturated rings. The van der Waals surface area contributed by atoms with E-state index in [1.54, 1.807) is 12.1 Å². The molecule has 0 aliphatic heterocycles. The third-order valence-electron chi connectivity index (χ3n) is 3.90. The number of carbonyl (C=O) groups is 1. The van der Waals surface area contributed by atoms with Crippen LogP contribution in [0, 0.1) is 0 Å². The maximum absolute atomic E-state index is 12.5. The van der Waals surface area contributed by atoms with Gasteiger partial charge in [-0.15, -0.1) is 0 Å². The third-order valence-corrected chi connectivity index (χ3v) is 3.90. The number of ketones is 1. The monoisotopic (exact) mass is 360 g/mol. The second kappa shape index (κ2) is 7.11. The van der Waals surface area contributed by atoms with Gasteiger partial charge in [0, 0.05) is 17.5 Å². The number of rotatable bonds is 5. The van der Waals surface area contributed by atoms with Crippen molar-refractivity contribution in [2.75, 3.05) is 0 Å². The fourth-order valence-corrected chi connectivity index (χ4v) is 2.51. The smallest absolute Gasteiger partial charge is 0.329 e. The Morgan fingerprint density at radius 2 is 1.77 bits per heavy atom. The van der Waals surface area contributed by atoms with Crippen molar-refractivity contribution in [3.05, 3.63) is 71.1 Å². The minimum atomic E-state index is -4.69. The minimum absolute atomic E-state index is 0.0751. The highest BCUT2D eigenvalue weighted by Gasteiger charge is 2.38. The SMILES string of the molecule is CCc1cccc(CC(=O)c2ccc(-c3noc(C(F)(F)F)n3)cc2)c1. The lowest BCUT2D eigenvalue weighted by Crippen LogP contribution is -2.05. The number of alkyl halides is 3. The Morgan fingerprint density at radius 3 is 2.38 bits per heavy atom. The fourth-order valence-electron chi connectivity index (χ4n) is 2.51. The number of nitrogens with zero attached hydrogens (tertiary/aromatic N) is 2. The fraction of sp³-hybridized carbons (Fsp3) is 0.211. The minimum Gasteiger partial charge on any atom is -0.329 e. The molecule has 0 bridgehead atoms. The zero-order chi connectivity index (χ0) is 18.7. The van der Waals surface area contributed by atoms with Crippen LogP contribution in [0.5, 0.6) is 0 Å². The molecule has 1 heterocycles. The van der Waals surface area contributed by atoms with Gasteiger partial charge < -0.3 is 4.52 Å². The Hall–Kier alpha value is -2.96. The largest absolute Gasteiger partial charge is 0.471 e. The van der Waals surface area contributed by atoms with Gasteiger partial charge in [-0.25, -0.2) is 0 Å². The molecule has 0 saturated carbocycles. The molecule has 0 amide bonds. The Kier molecular flexibility index (Phi) is 4.88. The third kappa shape index (κ3) is 3.99. The van der Waals surface area contributed by atoms with Gasteiger partial charge in [0.05, 0.1) is 0 Å². The number of aromatic nitrogens is 2. The van der Waals surface area contributed by atoms with Crippen LogP contribution < -0.4 is 0 Å². The van der Waals surface area contributed by atoms with E-state index in [1.165, 1.54) is 12.1 Å². The van der Waals surface area contributed by atoms with Gasteiger partial charge in [0.1, 0.15) is 0 Å². The second-order valence-corrected chi connectivity index (χ2v) is 5.77. The van der Waals surface area contributed by atoms with Crippen LogP contribution in [-0.2, 0) is 19.0 Å². The van der Waals surface area contributed by atoms with Crippen molar-refractivity contribution < 1.29 is 22.5 Å². The molecule has 0 radical (unpaired) electrons. The predicted octanol–water partition coefficient (Wildman–Crippen LogP) is 4.74. The van der Waals surface area contributed by atoms with Crippen LogP contribution in [0.2, 0.25) is 0 Å². The average Bonchev–Trinajstić information content (AvgIpc) is 3.12. The number of hydrogen-bond acceptors (Lipinski definition) is 4. The second-order valence-electron chi connectivity index (χ2n) is 5.77. The topological polar surface area (TPSA) is 56.0 Å². The number of hydrogen-bond donors (Lipinski definition) is 0. The highest BCUT2D eigenvalue weighted by atomic mass is 19.4. The van der Waals surface area contributed by atoms with E-state index in [0.29, 0.717) is 11.1 Å². The summed E-state index contributed by atoms with van der Waals surface area (Å²) in [6, 6.07) is 13.9. The van der Waals surface area contributed by atoms with E-state index >= 15 is 0 Å². The molecule has 134 valence electrons. The Morgan fingerprint density at radius 1 is 1.08 bits per heavy atom. The van der Waals surface area contributed by atoms with Crippen LogP contribution in [0.3, 0.4) is 0 Å². The molecule has 26 heavy (non-hydrogen) atoms. The van der Waals surface area contributed by atoms with Gasteiger partial charge in [-0.3, -0.25) is 4.79 Å². The number of benzene rings is 2. The lowest BCUT2D eigenvalue weighted by Gasteiger charge is -2.04. The number of halogens is 3. The maximum atomic E-state index is 12.5. The molecule has 0 unspecified atom stereocenters. The zero-order valence-corrected chi connectivity index (χ0v) is 13.9. The van der Waals surface area contributed by atoms with Gasteiger partial charge in [-0.05, 0) is 17.5 Å². The summed E-state index contributed by atoms with van der Waals surface area (Å²) in [5.74, 6) is -1.65. The van der Waals surface area contributed by atoms with E-state index in [1.807, 2.05) is 31.2 Å². The van der Waals surface area contributed by atoms with Gasteiger partial charge in [0.15, 0.2) is 5.78 Å². The van der Waals surface area contributed by atoms with E-state index in [2.05, 4.69) is 14.7 Å². The quantitative estimate of drug-likeness (QED) is 0.617. The molecule has 1 aromatic heterocycles. The van der Waals surface area contributed by atoms with E-state index in [0.717, 1.165) is 17.5 Å². The summed E-state index contributed by atoms with van der Waals surface area (Å²) in [6.07, 6.45) is -3.54. The molecule has 0 N–H and O–H groups in total. The van der Waals surface area contributed by atoms with Crippen LogP contribution in [0.4, 0.5) is 13.2 Å². The predicted molar refractivity (Wildman–Crippen MR) is 88.6 cm³/mol. The Bertz CT molecular complexity index is 915. The van der Waals surface area contributed by atoms with E-state index in [-0.39, 0.29) is 18.0 Å². The molecule has 2 aromatic carbocycles. The van der Waals surface area contributed by atoms with Crippen molar-refractivity contribution in [1.29, 1.82) is 0 Å². The van der Waals surface area contributed by atoms with Gasteiger partial charge in [-0.2, -0.15) is 18.2 Å². The number of aryl methyl sites for hydroxylation is 1. The van der Waals surface area contributed by atoms with Gasteiger partial charge in [0.2, 0.25) is 5.82 Å². The van der Waals surface area contributed by atoms with Crippen LogP contribution in [-0.4, -0.2) is 15.9 Å². The van der Waals surface area contributed by atoms with Crippen LogP contribution in [0.1, 0.15) is 34.3 Å². The summed E-state index contributed by atoms with van der Waals surface area (Å²) in [5, 5.41) is 3.32. The lowest BCUT2D eigenvalue weighted by atomic mass is 10.00. The molecular weight excluding hydrogens is 345 g/mol. The first-order valence-corrected chi connectivity index (χ1v) is 7.99. The van der Waals surface area contributed by atoms with Crippen molar-refractivity contribution in [1.82, 2.24) is 10.1 Å². The van der Waals surface area contributed by atoms with E-state index < -0.39 is 12.1 Å². The lowest BCUT2D eigenvalue weighted by molar-refractivity contribution is -0.159. The normalized spacial score (nSPS) is 11.5. The number of Topliss-reactive ketones (excluding diaryl/α,β-unsaturated/α-hetero) is 1. The Balaban J connectivity index is 1.74. The Labute approximate surface area is 147 Å². The highest BCUT2D eigenvalue weighted by molar-refractivity contribution is 5.97.